The number of likely N-dealkylation sites (tertiary alicyclic amines) is 1. The Kier molecular flexibility index (Phi) is 5.64. The number of hydrogen-bond acceptors (Lipinski definition) is 3. The average molecular weight is 267 g/mol. The molecule has 2 heterocycles. The van der Waals surface area contributed by atoms with Crippen molar-refractivity contribution in [1.82, 2.24) is 15.5 Å². The van der Waals surface area contributed by atoms with Crippen LogP contribution in [0.1, 0.15) is 52.4 Å². The third kappa shape index (κ3) is 3.69. The fourth-order valence-electron chi connectivity index (χ4n) is 3.44. The van der Waals surface area contributed by atoms with Crippen LogP contribution in [0.3, 0.4) is 0 Å². The van der Waals surface area contributed by atoms with Crippen LogP contribution in [-0.2, 0) is 4.79 Å². The molecule has 0 aliphatic carbocycles. The Morgan fingerprint density at radius 3 is 2.58 bits per heavy atom. The largest absolute Gasteiger partial charge is 0.352 e. The monoisotopic (exact) mass is 267 g/mol. The summed E-state index contributed by atoms with van der Waals surface area (Å²) in [5.74, 6) is 0.268. The summed E-state index contributed by atoms with van der Waals surface area (Å²) >= 11 is 0. The number of carbonyl (C=O) groups excluding carboxylic acids is 1. The lowest BCUT2D eigenvalue weighted by molar-refractivity contribution is -0.127. The van der Waals surface area contributed by atoms with Gasteiger partial charge in [0.15, 0.2) is 0 Å². The summed E-state index contributed by atoms with van der Waals surface area (Å²) in [4.78, 5) is 14.9. The molecular weight excluding hydrogens is 238 g/mol. The Morgan fingerprint density at radius 1 is 1.26 bits per heavy atom. The summed E-state index contributed by atoms with van der Waals surface area (Å²) in [6.45, 7) is 7.59. The molecule has 2 aliphatic heterocycles. The molecule has 2 fully saturated rings. The lowest BCUT2D eigenvalue weighted by Crippen LogP contribution is -2.52. The molecule has 19 heavy (non-hydrogen) atoms. The molecule has 1 atom stereocenters. The van der Waals surface area contributed by atoms with Crippen molar-refractivity contribution in [3.05, 3.63) is 0 Å². The van der Waals surface area contributed by atoms with Crippen molar-refractivity contribution in [3.8, 4) is 0 Å². The summed E-state index contributed by atoms with van der Waals surface area (Å²) < 4.78 is 0. The highest BCUT2D eigenvalue weighted by molar-refractivity contribution is 5.82. The highest BCUT2D eigenvalue weighted by atomic mass is 16.2. The third-order valence-electron chi connectivity index (χ3n) is 4.71. The zero-order chi connectivity index (χ0) is 13.7. The van der Waals surface area contributed by atoms with Crippen molar-refractivity contribution >= 4 is 5.91 Å². The van der Waals surface area contributed by atoms with E-state index in [1.54, 1.807) is 0 Å². The molecule has 0 bridgehead atoms. The van der Waals surface area contributed by atoms with Crippen LogP contribution in [-0.4, -0.2) is 48.6 Å². The molecule has 0 radical (unpaired) electrons. The van der Waals surface area contributed by atoms with Crippen LogP contribution >= 0.6 is 0 Å². The fraction of sp³-hybridized carbons (Fsp3) is 0.933. The molecule has 0 aromatic rings. The van der Waals surface area contributed by atoms with Gasteiger partial charge in [0.25, 0.3) is 0 Å². The summed E-state index contributed by atoms with van der Waals surface area (Å²) in [6.07, 6.45) is 6.65. The molecule has 4 nitrogen and oxygen atoms in total. The van der Waals surface area contributed by atoms with Crippen LogP contribution < -0.4 is 10.6 Å². The molecule has 2 saturated heterocycles. The van der Waals surface area contributed by atoms with Crippen molar-refractivity contribution in [2.75, 3.05) is 19.6 Å². The SMILES string of the molecule is CCC(CC)NC(=O)C1CCCN1C1CCNCC1. The average Bonchev–Trinajstić information content (AvgIpc) is 2.95. The van der Waals surface area contributed by atoms with Crippen LogP contribution in [0, 0.1) is 0 Å². The third-order valence-corrected chi connectivity index (χ3v) is 4.71. The minimum atomic E-state index is 0.128. The molecule has 0 spiro atoms. The molecule has 0 aromatic heterocycles. The van der Waals surface area contributed by atoms with Crippen molar-refractivity contribution in [2.45, 2.75) is 70.5 Å². The molecule has 0 aromatic carbocycles. The Hall–Kier alpha value is -0.610. The second-order valence-corrected chi connectivity index (χ2v) is 5.90. The van der Waals surface area contributed by atoms with Gasteiger partial charge in [0.05, 0.1) is 6.04 Å². The molecule has 1 unspecified atom stereocenters. The van der Waals surface area contributed by atoms with Crippen LogP contribution in [0.4, 0.5) is 0 Å². The molecular formula is C15H29N3O. The maximum Gasteiger partial charge on any atom is 0.237 e. The predicted molar refractivity (Wildman–Crippen MR) is 78.1 cm³/mol. The zero-order valence-electron chi connectivity index (χ0n) is 12.5. The molecule has 110 valence electrons. The number of amides is 1. The van der Waals surface area contributed by atoms with E-state index in [-0.39, 0.29) is 11.9 Å². The molecule has 1 amide bonds. The van der Waals surface area contributed by atoms with Gasteiger partial charge in [0.2, 0.25) is 5.91 Å². The lowest BCUT2D eigenvalue weighted by Gasteiger charge is -2.35. The van der Waals surface area contributed by atoms with Crippen LogP contribution in [0.5, 0.6) is 0 Å². The van der Waals surface area contributed by atoms with E-state index in [1.807, 2.05) is 0 Å². The van der Waals surface area contributed by atoms with E-state index in [9.17, 15) is 4.79 Å². The highest BCUT2D eigenvalue weighted by Crippen LogP contribution is 2.24. The van der Waals surface area contributed by atoms with Crippen molar-refractivity contribution in [1.29, 1.82) is 0 Å². The van der Waals surface area contributed by atoms with Crippen molar-refractivity contribution in [3.63, 3.8) is 0 Å². The van der Waals surface area contributed by atoms with E-state index < -0.39 is 0 Å². The maximum absolute atomic E-state index is 12.5. The first-order valence-corrected chi connectivity index (χ1v) is 8.03. The van der Waals surface area contributed by atoms with Crippen molar-refractivity contribution < 1.29 is 4.79 Å². The number of nitrogens with one attached hydrogen (secondary N) is 2. The fourth-order valence-corrected chi connectivity index (χ4v) is 3.44. The molecule has 4 heteroatoms. The second-order valence-electron chi connectivity index (χ2n) is 5.90. The summed E-state index contributed by atoms with van der Waals surface area (Å²) in [5.41, 5.74) is 0. The van der Waals surface area contributed by atoms with E-state index in [1.165, 1.54) is 19.3 Å². The summed E-state index contributed by atoms with van der Waals surface area (Å²) in [5, 5.41) is 6.64. The molecule has 2 rings (SSSR count). The van der Waals surface area contributed by atoms with Crippen molar-refractivity contribution in [2.24, 2.45) is 0 Å². The first kappa shape index (κ1) is 14.8. The van der Waals surface area contributed by atoms with Gasteiger partial charge in [0, 0.05) is 12.1 Å². The number of piperidine rings is 1. The molecule has 2 N–H and O–H groups in total. The van der Waals surface area contributed by atoms with Gasteiger partial charge in [-0.05, 0) is 58.2 Å². The van der Waals surface area contributed by atoms with Gasteiger partial charge in [-0.15, -0.1) is 0 Å². The van der Waals surface area contributed by atoms with Gasteiger partial charge in [-0.1, -0.05) is 13.8 Å². The highest BCUT2D eigenvalue weighted by Gasteiger charge is 2.35. The van der Waals surface area contributed by atoms with E-state index in [0.717, 1.165) is 38.9 Å². The first-order valence-electron chi connectivity index (χ1n) is 8.03. The Morgan fingerprint density at radius 2 is 1.95 bits per heavy atom. The second kappa shape index (κ2) is 7.25. The number of hydrogen-bond donors (Lipinski definition) is 2. The first-order chi connectivity index (χ1) is 9.26. The minimum absolute atomic E-state index is 0.128. The molecule has 0 saturated carbocycles. The summed E-state index contributed by atoms with van der Waals surface area (Å²) in [6, 6.07) is 1.09. The van der Waals surface area contributed by atoms with Gasteiger partial charge in [-0.3, -0.25) is 9.69 Å². The van der Waals surface area contributed by atoms with Gasteiger partial charge in [0.1, 0.15) is 0 Å². The Bertz CT molecular complexity index is 285. The zero-order valence-corrected chi connectivity index (χ0v) is 12.5. The number of nitrogens with zero attached hydrogens (tertiary/aromatic N) is 1. The van der Waals surface area contributed by atoms with Crippen LogP contribution in [0.2, 0.25) is 0 Å². The lowest BCUT2D eigenvalue weighted by atomic mass is 10.0. The van der Waals surface area contributed by atoms with Gasteiger partial charge in [-0.25, -0.2) is 0 Å². The Balaban J connectivity index is 1.91. The van der Waals surface area contributed by atoms with Gasteiger partial charge < -0.3 is 10.6 Å². The minimum Gasteiger partial charge on any atom is -0.352 e. The quantitative estimate of drug-likeness (QED) is 0.793. The van der Waals surface area contributed by atoms with E-state index >= 15 is 0 Å². The van der Waals surface area contributed by atoms with Crippen LogP contribution in [0.25, 0.3) is 0 Å². The maximum atomic E-state index is 12.5. The number of rotatable bonds is 5. The predicted octanol–water partition coefficient (Wildman–Crippen LogP) is 1.51. The van der Waals surface area contributed by atoms with Gasteiger partial charge in [-0.2, -0.15) is 0 Å². The van der Waals surface area contributed by atoms with Gasteiger partial charge >= 0.3 is 0 Å². The Labute approximate surface area is 117 Å². The smallest absolute Gasteiger partial charge is 0.237 e. The van der Waals surface area contributed by atoms with Crippen LogP contribution in [0.15, 0.2) is 0 Å². The van der Waals surface area contributed by atoms with E-state index in [2.05, 4.69) is 29.4 Å². The van der Waals surface area contributed by atoms with E-state index in [0.29, 0.717) is 12.1 Å². The standard InChI is InChI=1S/C15H29N3O/c1-3-12(4-2)17-15(19)14-6-5-11-18(14)13-7-9-16-10-8-13/h12-14,16H,3-11H2,1-2H3,(H,17,19). The topological polar surface area (TPSA) is 44.4 Å². The summed E-state index contributed by atoms with van der Waals surface area (Å²) in [7, 11) is 0. The number of carbonyl (C=O) groups is 1. The molecule has 2 aliphatic rings. The normalized spacial score (nSPS) is 25.9. The van der Waals surface area contributed by atoms with E-state index in [4.69, 9.17) is 0 Å².